The number of amides is 1. The predicted molar refractivity (Wildman–Crippen MR) is 72.9 cm³/mol. The minimum Gasteiger partial charge on any atom is -0.326 e. The Bertz CT molecular complexity index is 552. The first kappa shape index (κ1) is 12.3. The Balaban J connectivity index is 2.22. The van der Waals surface area contributed by atoms with Crippen LogP contribution in [0.15, 0.2) is 18.2 Å². The van der Waals surface area contributed by atoms with Gasteiger partial charge in [0.15, 0.2) is 0 Å². The molecule has 5 heteroatoms. The molecule has 0 aliphatic rings. The van der Waals surface area contributed by atoms with Crippen LogP contribution in [0.3, 0.4) is 0 Å². The smallest absolute Gasteiger partial charge is 0.228 e. The second-order valence-electron chi connectivity index (χ2n) is 3.96. The number of hydrogen-bond donors (Lipinski definition) is 1. The van der Waals surface area contributed by atoms with Gasteiger partial charge in [0.2, 0.25) is 5.91 Å². The fourth-order valence-corrected chi connectivity index (χ4v) is 2.46. The molecule has 3 nitrogen and oxygen atoms in total. The lowest BCUT2D eigenvalue weighted by Crippen LogP contribution is -2.21. The molecule has 1 atom stereocenters. The number of aromatic nitrogens is 1. The average molecular weight is 269 g/mol. The van der Waals surface area contributed by atoms with Gasteiger partial charge in [0, 0.05) is 17.5 Å². The molecule has 1 aromatic carbocycles. The van der Waals surface area contributed by atoms with Gasteiger partial charge < -0.3 is 5.32 Å². The van der Waals surface area contributed by atoms with E-state index in [-0.39, 0.29) is 11.8 Å². The fraction of sp³-hybridized carbons (Fsp3) is 0.333. The number of alkyl halides is 1. The van der Waals surface area contributed by atoms with Gasteiger partial charge in [0.05, 0.1) is 15.2 Å². The van der Waals surface area contributed by atoms with E-state index < -0.39 is 0 Å². The molecule has 2 aromatic rings. The molecule has 0 fully saturated rings. The van der Waals surface area contributed by atoms with Crippen LogP contribution >= 0.6 is 22.9 Å². The number of nitrogens with zero attached hydrogens (tertiary/aromatic N) is 1. The molecule has 0 saturated heterocycles. The van der Waals surface area contributed by atoms with Crippen molar-refractivity contribution in [3.05, 3.63) is 23.2 Å². The molecule has 1 unspecified atom stereocenters. The monoisotopic (exact) mass is 268 g/mol. The van der Waals surface area contributed by atoms with Crippen molar-refractivity contribution in [3.63, 3.8) is 0 Å². The number of carbonyl (C=O) groups is 1. The number of rotatable bonds is 3. The second-order valence-corrected chi connectivity index (χ2v) is 5.50. The lowest BCUT2D eigenvalue weighted by molar-refractivity contribution is -0.118. The van der Waals surface area contributed by atoms with E-state index in [1.807, 2.05) is 25.1 Å². The number of nitrogens with one attached hydrogen (secondary N) is 1. The Kier molecular flexibility index (Phi) is 3.64. The van der Waals surface area contributed by atoms with Crippen LogP contribution in [0.2, 0.25) is 0 Å². The van der Waals surface area contributed by atoms with Crippen LogP contribution in [0.1, 0.15) is 11.9 Å². The quantitative estimate of drug-likeness (QED) is 0.867. The van der Waals surface area contributed by atoms with Crippen LogP contribution in [0.4, 0.5) is 5.69 Å². The van der Waals surface area contributed by atoms with Gasteiger partial charge >= 0.3 is 0 Å². The number of halogens is 1. The van der Waals surface area contributed by atoms with Crippen LogP contribution in [0.25, 0.3) is 10.2 Å². The Morgan fingerprint density at radius 1 is 1.59 bits per heavy atom. The molecule has 1 amide bonds. The second kappa shape index (κ2) is 5.02. The number of thiazole rings is 1. The van der Waals surface area contributed by atoms with Gasteiger partial charge in [0.25, 0.3) is 0 Å². The van der Waals surface area contributed by atoms with E-state index in [1.54, 1.807) is 18.3 Å². The van der Waals surface area contributed by atoms with Crippen LogP contribution in [-0.4, -0.2) is 16.8 Å². The van der Waals surface area contributed by atoms with E-state index >= 15 is 0 Å². The first-order chi connectivity index (χ1) is 8.10. The zero-order valence-corrected chi connectivity index (χ0v) is 11.2. The number of hydrogen-bond acceptors (Lipinski definition) is 3. The van der Waals surface area contributed by atoms with Crippen molar-refractivity contribution in [2.75, 3.05) is 11.2 Å². The summed E-state index contributed by atoms with van der Waals surface area (Å²) in [6.07, 6.45) is 0. The molecule has 0 spiro atoms. The van der Waals surface area contributed by atoms with Crippen LogP contribution < -0.4 is 5.32 Å². The van der Waals surface area contributed by atoms with E-state index in [0.717, 1.165) is 20.9 Å². The fourth-order valence-electron chi connectivity index (χ4n) is 1.45. The highest BCUT2D eigenvalue weighted by Gasteiger charge is 2.12. The van der Waals surface area contributed by atoms with Crippen molar-refractivity contribution < 1.29 is 4.79 Å². The Labute approximate surface area is 109 Å². The molecular weight excluding hydrogens is 256 g/mol. The summed E-state index contributed by atoms with van der Waals surface area (Å²) in [5.74, 6) is 0.0874. The van der Waals surface area contributed by atoms with E-state index in [0.29, 0.717) is 5.88 Å². The molecule has 0 aliphatic heterocycles. The number of benzene rings is 1. The normalized spacial score (nSPS) is 12.6. The van der Waals surface area contributed by atoms with Crippen molar-refractivity contribution in [3.8, 4) is 0 Å². The molecule has 1 heterocycles. The van der Waals surface area contributed by atoms with Gasteiger partial charge in [0.1, 0.15) is 0 Å². The summed E-state index contributed by atoms with van der Waals surface area (Å²) in [5, 5.41) is 3.88. The average Bonchev–Trinajstić information content (AvgIpc) is 2.67. The largest absolute Gasteiger partial charge is 0.326 e. The molecular formula is C12H13ClN2OS. The summed E-state index contributed by atoms with van der Waals surface area (Å²) in [6, 6.07) is 5.72. The van der Waals surface area contributed by atoms with Gasteiger partial charge in [-0.25, -0.2) is 4.98 Å². The molecule has 0 bridgehead atoms. The van der Waals surface area contributed by atoms with Gasteiger partial charge in [-0.2, -0.15) is 0 Å². The molecule has 90 valence electrons. The van der Waals surface area contributed by atoms with Gasteiger partial charge in [-0.3, -0.25) is 4.79 Å². The summed E-state index contributed by atoms with van der Waals surface area (Å²) in [6.45, 7) is 3.77. The third kappa shape index (κ3) is 2.76. The summed E-state index contributed by atoms with van der Waals surface area (Å²) in [4.78, 5) is 16.0. The third-order valence-corrected chi connectivity index (χ3v) is 3.84. The Morgan fingerprint density at radius 2 is 2.35 bits per heavy atom. The molecule has 0 radical (unpaired) electrons. The predicted octanol–water partition coefficient (Wildman–Crippen LogP) is 3.42. The van der Waals surface area contributed by atoms with E-state index in [1.165, 1.54) is 0 Å². The minimum atomic E-state index is -0.185. The summed E-state index contributed by atoms with van der Waals surface area (Å²) in [7, 11) is 0. The molecule has 2 rings (SSSR count). The van der Waals surface area contributed by atoms with E-state index in [2.05, 4.69) is 10.3 Å². The lowest BCUT2D eigenvalue weighted by atomic mass is 10.2. The molecule has 1 aromatic heterocycles. The van der Waals surface area contributed by atoms with E-state index in [9.17, 15) is 4.79 Å². The number of fused-ring (bicyclic) bond motifs is 1. The first-order valence-electron chi connectivity index (χ1n) is 5.34. The van der Waals surface area contributed by atoms with Gasteiger partial charge in [-0.05, 0) is 25.1 Å². The molecule has 17 heavy (non-hydrogen) atoms. The SMILES string of the molecule is Cc1nc2ccc(NC(=O)C(C)CCl)cc2s1. The maximum absolute atomic E-state index is 11.7. The first-order valence-corrected chi connectivity index (χ1v) is 6.69. The highest BCUT2D eigenvalue weighted by molar-refractivity contribution is 7.18. The molecule has 1 N–H and O–H groups in total. The Hall–Kier alpha value is -1.13. The van der Waals surface area contributed by atoms with Crippen molar-refractivity contribution in [2.45, 2.75) is 13.8 Å². The number of anilines is 1. The number of carbonyl (C=O) groups excluding carboxylic acids is 1. The van der Waals surface area contributed by atoms with E-state index in [4.69, 9.17) is 11.6 Å². The van der Waals surface area contributed by atoms with Crippen LogP contribution in [-0.2, 0) is 4.79 Å². The molecule has 0 aliphatic carbocycles. The van der Waals surface area contributed by atoms with Crippen molar-refractivity contribution >= 4 is 44.7 Å². The zero-order chi connectivity index (χ0) is 12.4. The Morgan fingerprint density at radius 3 is 3.06 bits per heavy atom. The maximum Gasteiger partial charge on any atom is 0.228 e. The van der Waals surface area contributed by atoms with Gasteiger partial charge in [-0.15, -0.1) is 22.9 Å². The summed E-state index contributed by atoms with van der Waals surface area (Å²) < 4.78 is 1.08. The third-order valence-electron chi connectivity index (χ3n) is 2.44. The number of aryl methyl sites for hydroxylation is 1. The minimum absolute atomic E-state index is 0.0550. The highest BCUT2D eigenvalue weighted by atomic mass is 35.5. The van der Waals surface area contributed by atoms with Gasteiger partial charge in [-0.1, -0.05) is 6.92 Å². The highest BCUT2D eigenvalue weighted by Crippen LogP contribution is 2.24. The van der Waals surface area contributed by atoms with Crippen LogP contribution in [0, 0.1) is 12.8 Å². The van der Waals surface area contributed by atoms with Crippen molar-refractivity contribution in [1.29, 1.82) is 0 Å². The molecule has 0 saturated carbocycles. The topological polar surface area (TPSA) is 42.0 Å². The van der Waals surface area contributed by atoms with Crippen LogP contribution in [0.5, 0.6) is 0 Å². The summed E-state index contributed by atoms with van der Waals surface area (Å²) in [5.41, 5.74) is 1.76. The van der Waals surface area contributed by atoms with Crippen molar-refractivity contribution in [1.82, 2.24) is 4.98 Å². The zero-order valence-electron chi connectivity index (χ0n) is 9.66. The van der Waals surface area contributed by atoms with Crippen molar-refractivity contribution in [2.24, 2.45) is 5.92 Å². The maximum atomic E-state index is 11.7. The summed E-state index contributed by atoms with van der Waals surface area (Å²) >= 11 is 7.26. The standard InChI is InChI=1S/C12H13ClN2OS/c1-7(6-13)12(16)15-9-3-4-10-11(5-9)17-8(2)14-10/h3-5,7H,6H2,1-2H3,(H,15,16). The lowest BCUT2D eigenvalue weighted by Gasteiger charge is -2.08.